The molecule has 3 aromatic rings. The highest BCUT2D eigenvalue weighted by molar-refractivity contribution is 6.11. The maximum Gasteiger partial charge on any atom is 0.271 e. The first kappa shape index (κ1) is 20.2. The molecule has 6 rings (SSSR count). The van der Waals surface area contributed by atoms with Gasteiger partial charge in [0.05, 0.1) is 17.4 Å². The van der Waals surface area contributed by atoms with Crippen molar-refractivity contribution >= 4 is 23.4 Å². The zero-order chi connectivity index (χ0) is 23.2. The quantitative estimate of drug-likeness (QED) is 0.615. The highest BCUT2D eigenvalue weighted by atomic mass is 16.7. The molecule has 0 aliphatic carbocycles. The Morgan fingerprint density at radius 3 is 2.74 bits per heavy atom. The molecule has 0 radical (unpaired) electrons. The van der Waals surface area contributed by atoms with Gasteiger partial charge in [0, 0.05) is 25.0 Å². The predicted molar refractivity (Wildman–Crippen MR) is 119 cm³/mol. The molecular formula is C24H19N5O5. The Labute approximate surface area is 193 Å². The van der Waals surface area contributed by atoms with Crippen molar-refractivity contribution in [3.05, 3.63) is 66.2 Å². The minimum absolute atomic E-state index is 0.179. The van der Waals surface area contributed by atoms with Crippen molar-refractivity contribution in [2.45, 2.75) is 18.5 Å². The number of anilines is 1. The van der Waals surface area contributed by atoms with Crippen LogP contribution in [0.15, 0.2) is 55.0 Å². The standard InChI is InChI=1S/C24H19N5O5/c30-22(18-10-25-5-6-26-18)27-15-9-19-23(31)28-17-3-1-13(7-16(17)24(32)29(19)11-15)14-2-4-20-21(8-14)34-12-33-20/h1-8,10,15,19H,9,11-12H2,(H,27,30)(H,28,31). The van der Waals surface area contributed by atoms with Crippen LogP contribution in [0.1, 0.15) is 27.3 Å². The molecule has 2 aromatic carbocycles. The number of hydrogen-bond donors (Lipinski definition) is 2. The SMILES string of the molecule is O=C(NC1CC2C(=O)Nc3ccc(-c4ccc5c(c4)OCO5)cc3C(=O)N2C1)c1cnccn1. The molecule has 34 heavy (non-hydrogen) atoms. The molecule has 3 aliphatic rings. The van der Waals surface area contributed by atoms with Crippen LogP contribution in [0.2, 0.25) is 0 Å². The third-order valence-electron chi connectivity index (χ3n) is 6.21. The predicted octanol–water partition coefficient (Wildman–Crippen LogP) is 1.84. The van der Waals surface area contributed by atoms with E-state index in [2.05, 4.69) is 20.6 Å². The van der Waals surface area contributed by atoms with Crippen LogP contribution >= 0.6 is 0 Å². The molecule has 1 saturated heterocycles. The largest absolute Gasteiger partial charge is 0.454 e. The summed E-state index contributed by atoms with van der Waals surface area (Å²) in [5.41, 5.74) is 2.72. The zero-order valence-corrected chi connectivity index (χ0v) is 17.9. The van der Waals surface area contributed by atoms with Crippen LogP contribution in [-0.2, 0) is 4.79 Å². The smallest absolute Gasteiger partial charge is 0.271 e. The van der Waals surface area contributed by atoms with Gasteiger partial charge in [-0.2, -0.15) is 0 Å². The van der Waals surface area contributed by atoms with Crippen molar-refractivity contribution in [3.8, 4) is 22.6 Å². The second kappa shape index (κ2) is 7.84. The highest BCUT2D eigenvalue weighted by Gasteiger charge is 2.43. The van der Waals surface area contributed by atoms with Crippen LogP contribution in [0.25, 0.3) is 11.1 Å². The van der Waals surface area contributed by atoms with E-state index in [1.807, 2.05) is 24.3 Å². The van der Waals surface area contributed by atoms with Crippen molar-refractivity contribution in [1.29, 1.82) is 0 Å². The van der Waals surface area contributed by atoms with E-state index in [1.165, 1.54) is 23.5 Å². The van der Waals surface area contributed by atoms with Crippen molar-refractivity contribution < 1.29 is 23.9 Å². The maximum atomic E-state index is 13.5. The van der Waals surface area contributed by atoms with E-state index in [1.54, 1.807) is 12.1 Å². The molecule has 10 heteroatoms. The van der Waals surface area contributed by atoms with Crippen LogP contribution in [0.3, 0.4) is 0 Å². The Balaban J connectivity index is 1.26. The summed E-state index contributed by atoms with van der Waals surface area (Å²) in [5.74, 6) is 0.384. The summed E-state index contributed by atoms with van der Waals surface area (Å²) >= 11 is 0. The lowest BCUT2D eigenvalue weighted by atomic mass is 10.0. The molecule has 0 spiro atoms. The summed E-state index contributed by atoms with van der Waals surface area (Å²) in [5, 5.41) is 5.73. The van der Waals surface area contributed by atoms with Gasteiger partial charge >= 0.3 is 0 Å². The normalized spacial score (nSPS) is 20.3. The Hall–Kier alpha value is -4.47. The first-order chi connectivity index (χ1) is 16.6. The molecular weight excluding hydrogens is 438 g/mol. The van der Waals surface area contributed by atoms with Gasteiger partial charge in [-0.1, -0.05) is 12.1 Å². The van der Waals surface area contributed by atoms with Gasteiger partial charge < -0.3 is 25.0 Å². The summed E-state index contributed by atoms with van der Waals surface area (Å²) < 4.78 is 10.8. The number of carbonyl (C=O) groups is 3. The number of carbonyl (C=O) groups excluding carboxylic acids is 3. The molecule has 1 aromatic heterocycles. The molecule has 3 amide bonds. The first-order valence-electron chi connectivity index (χ1n) is 10.8. The topological polar surface area (TPSA) is 123 Å². The molecule has 10 nitrogen and oxygen atoms in total. The van der Waals surface area contributed by atoms with Gasteiger partial charge in [0.15, 0.2) is 11.5 Å². The number of hydrogen-bond acceptors (Lipinski definition) is 7. The summed E-state index contributed by atoms with van der Waals surface area (Å²) in [6, 6.07) is 9.88. The van der Waals surface area contributed by atoms with Gasteiger partial charge in [0.2, 0.25) is 12.7 Å². The number of ether oxygens (including phenoxy) is 2. The number of benzene rings is 2. The Kier molecular flexibility index (Phi) is 4.65. The number of amides is 3. The third-order valence-corrected chi connectivity index (χ3v) is 6.21. The van der Waals surface area contributed by atoms with E-state index in [0.717, 1.165) is 11.1 Å². The van der Waals surface area contributed by atoms with E-state index >= 15 is 0 Å². The molecule has 3 aliphatic heterocycles. The average Bonchev–Trinajstić information content (AvgIpc) is 3.49. The number of nitrogens with one attached hydrogen (secondary N) is 2. The lowest BCUT2D eigenvalue weighted by molar-refractivity contribution is -0.119. The summed E-state index contributed by atoms with van der Waals surface area (Å²) in [6.45, 7) is 0.398. The number of nitrogens with zero attached hydrogens (tertiary/aromatic N) is 3. The Bertz CT molecular complexity index is 1330. The third kappa shape index (κ3) is 3.40. The number of fused-ring (bicyclic) bond motifs is 3. The van der Waals surface area contributed by atoms with Crippen molar-refractivity contribution in [1.82, 2.24) is 20.2 Å². The monoisotopic (exact) mass is 457 g/mol. The molecule has 2 atom stereocenters. The molecule has 2 N–H and O–H groups in total. The second-order valence-electron chi connectivity index (χ2n) is 8.29. The van der Waals surface area contributed by atoms with Crippen LogP contribution in [0.4, 0.5) is 5.69 Å². The molecule has 0 saturated carbocycles. The Morgan fingerprint density at radius 2 is 1.88 bits per heavy atom. The van der Waals surface area contributed by atoms with E-state index in [9.17, 15) is 14.4 Å². The fourth-order valence-corrected chi connectivity index (χ4v) is 4.55. The lowest BCUT2D eigenvalue weighted by Gasteiger charge is -2.20. The van der Waals surface area contributed by atoms with Crippen LogP contribution in [0, 0.1) is 0 Å². The van der Waals surface area contributed by atoms with E-state index in [0.29, 0.717) is 29.2 Å². The minimum Gasteiger partial charge on any atom is -0.454 e. The fourth-order valence-electron chi connectivity index (χ4n) is 4.55. The van der Waals surface area contributed by atoms with Gasteiger partial charge in [-0.25, -0.2) is 4.98 Å². The van der Waals surface area contributed by atoms with Crippen molar-refractivity contribution in [3.63, 3.8) is 0 Å². The summed E-state index contributed by atoms with van der Waals surface area (Å²) in [6.07, 6.45) is 4.60. The van der Waals surface area contributed by atoms with Crippen molar-refractivity contribution in [2.24, 2.45) is 0 Å². The Morgan fingerprint density at radius 1 is 1.06 bits per heavy atom. The average molecular weight is 457 g/mol. The molecule has 2 unspecified atom stereocenters. The lowest BCUT2D eigenvalue weighted by Crippen LogP contribution is -2.41. The fraction of sp³-hybridized carbons (Fsp3) is 0.208. The zero-order valence-electron chi connectivity index (χ0n) is 17.9. The number of rotatable bonds is 3. The van der Waals surface area contributed by atoms with E-state index in [4.69, 9.17) is 9.47 Å². The van der Waals surface area contributed by atoms with Gasteiger partial charge in [-0.3, -0.25) is 19.4 Å². The first-order valence-corrected chi connectivity index (χ1v) is 10.8. The van der Waals surface area contributed by atoms with Crippen LogP contribution in [-0.4, -0.2) is 58.0 Å². The van der Waals surface area contributed by atoms with Crippen LogP contribution in [0.5, 0.6) is 11.5 Å². The second-order valence-corrected chi connectivity index (χ2v) is 8.29. The number of aromatic nitrogens is 2. The summed E-state index contributed by atoms with van der Waals surface area (Å²) in [7, 11) is 0. The maximum absolute atomic E-state index is 13.5. The van der Waals surface area contributed by atoms with Gasteiger partial charge in [-0.15, -0.1) is 0 Å². The molecule has 0 bridgehead atoms. The highest BCUT2D eigenvalue weighted by Crippen LogP contribution is 2.37. The van der Waals surface area contributed by atoms with Gasteiger partial charge in [-0.05, 0) is 41.8 Å². The van der Waals surface area contributed by atoms with E-state index in [-0.39, 0.29) is 36.9 Å². The van der Waals surface area contributed by atoms with Crippen molar-refractivity contribution in [2.75, 3.05) is 18.7 Å². The van der Waals surface area contributed by atoms with Gasteiger partial charge in [0.1, 0.15) is 11.7 Å². The summed E-state index contributed by atoms with van der Waals surface area (Å²) in [4.78, 5) is 48.3. The van der Waals surface area contributed by atoms with Gasteiger partial charge in [0.25, 0.3) is 11.8 Å². The van der Waals surface area contributed by atoms with Crippen LogP contribution < -0.4 is 20.1 Å². The molecule has 1 fully saturated rings. The minimum atomic E-state index is -0.680. The molecule has 4 heterocycles. The van der Waals surface area contributed by atoms with E-state index < -0.39 is 11.9 Å². The molecule has 170 valence electrons.